The summed E-state index contributed by atoms with van der Waals surface area (Å²) >= 11 is 0. The van der Waals surface area contributed by atoms with Gasteiger partial charge in [-0.15, -0.1) is 0 Å². The van der Waals surface area contributed by atoms with Crippen LogP contribution in [0.3, 0.4) is 0 Å². The molecule has 0 bridgehead atoms. The Labute approximate surface area is 137 Å². The smallest absolute Gasteiger partial charge is 0.330 e. The van der Waals surface area contributed by atoms with Gasteiger partial charge in [0.05, 0.1) is 25.1 Å². The summed E-state index contributed by atoms with van der Waals surface area (Å²) in [7, 11) is -3.95. The molecule has 130 valence electrons. The minimum Gasteiger partial charge on any atom is -0.463 e. The van der Waals surface area contributed by atoms with Crippen molar-refractivity contribution in [3.05, 3.63) is 38.0 Å². The van der Waals surface area contributed by atoms with Gasteiger partial charge in [0, 0.05) is 6.08 Å². The van der Waals surface area contributed by atoms with Crippen LogP contribution in [0, 0.1) is 0 Å². The summed E-state index contributed by atoms with van der Waals surface area (Å²) < 4.78 is 37.1. The second-order valence-electron chi connectivity index (χ2n) is 4.65. The summed E-state index contributed by atoms with van der Waals surface area (Å²) in [4.78, 5) is 10.4. The molecule has 0 saturated heterocycles. The van der Waals surface area contributed by atoms with Crippen LogP contribution in [0.5, 0.6) is 0 Å². The summed E-state index contributed by atoms with van der Waals surface area (Å²) in [6.45, 7) is 10.1. The largest absolute Gasteiger partial charge is 0.463 e. The number of nitrogens with zero attached hydrogens (tertiary/aromatic N) is 2. The number of rotatable bonds is 9. The number of hydrogen-bond donors (Lipinski definition) is 1. The highest BCUT2D eigenvalue weighted by atomic mass is 32.2. The van der Waals surface area contributed by atoms with Crippen LogP contribution in [-0.2, 0) is 26.2 Å². The number of aromatic nitrogens is 2. The summed E-state index contributed by atoms with van der Waals surface area (Å²) in [5.41, 5.74) is 0. The average molecular weight is 345 g/mol. The van der Waals surface area contributed by atoms with E-state index in [9.17, 15) is 13.2 Å². The van der Waals surface area contributed by atoms with E-state index >= 15 is 0 Å². The molecule has 0 fully saturated rings. The van der Waals surface area contributed by atoms with Gasteiger partial charge in [0.1, 0.15) is 12.4 Å². The molecule has 7 nitrogen and oxygen atoms in total. The molecule has 1 rings (SSSR count). The lowest BCUT2D eigenvalue weighted by molar-refractivity contribution is -0.567. The Bertz CT molecular complexity index is 593. The Morgan fingerprint density at radius 1 is 1.39 bits per heavy atom. The maximum absolute atomic E-state index is 10.4. The van der Waals surface area contributed by atoms with Crippen molar-refractivity contribution < 1.29 is 27.1 Å². The van der Waals surface area contributed by atoms with Gasteiger partial charge in [0.2, 0.25) is 6.33 Å². The van der Waals surface area contributed by atoms with Crippen LogP contribution in [0.4, 0.5) is 0 Å². The Balaban J connectivity index is 0.000000422. The first-order chi connectivity index (χ1) is 10.8. The zero-order valence-electron chi connectivity index (χ0n) is 13.4. The van der Waals surface area contributed by atoms with Crippen LogP contribution >= 0.6 is 0 Å². The number of esters is 1. The molecule has 0 amide bonds. The highest BCUT2D eigenvalue weighted by Gasteiger charge is 2.04. The third kappa shape index (κ3) is 12.3. The standard InChI is InChI=1S/C9H15N2.C6H10O5S/c1-3-5-6-11-8-7-10(4-2)9-11;1-2-6(7)11-4-3-5-12(8,9)10/h4,7-9H,2-3,5-6H2,1H3;2H,1,3-5H2,(H,8,9,10)/q+1;. The quantitative estimate of drug-likeness (QED) is 0.242. The Kier molecular flexibility index (Phi) is 10.6. The third-order valence-corrected chi connectivity index (χ3v) is 3.45. The van der Waals surface area contributed by atoms with Gasteiger partial charge in [0.15, 0.2) is 0 Å². The lowest BCUT2D eigenvalue weighted by Crippen LogP contribution is -2.21. The normalized spacial score (nSPS) is 10.3. The van der Waals surface area contributed by atoms with Crippen molar-refractivity contribution in [3.8, 4) is 0 Å². The van der Waals surface area contributed by atoms with Crippen LogP contribution < -0.4 is 4.57 Å². The fourth-order valence-electron chi connectivity index (χ4n) is 1.46. The van der Waals surface area contributed by atoms with Gasteiger partial charge >= 0.3 is 5.97 Å². The van der Waals surface area contributed by atoms with Gasteiger partial charge in [0.25, 0.3) is 10.1 Å². The maximum Gasteiger partial charge on any atom is 0.330 e. The van der Waals surface area contributed by atoms with Crippen molar-refractivity contribution in [2.24, 2.45) is 0 Å². The molecule has 0 unspecified atom stereocenters. The van der Waals surface area contributed by atoms with Crippen LogP contribution in [-0.4, -0.2) is 35.9 Å². The van der Waals surface area contributed by atoms with Crippen LogP contribution in [0.2, 0.25) is 0 Å². The van der Waals surface area contributed by atoms with E-state index in [1.165, 1.54) is 12.8 Å². The van der Waals surface area contributed by atoms with Gasteiger partial charge in [-0.3, -0.25) is 4.55 Å². The van der Waals surface area contributed by atoms with E-state index < -0.39 is 21.8 Å². The third-order valence-electron chi connectivity index (χ3n) is 2.65. The molecular weight excluding hydrogens is 320 g/mol. The molecule has 0 saturated carbocycles. The molecule has 1 heterocycles. The van der Waals surface area contributed by atoms with E-state index in [2.05, 4.69) is 35.6 Å². The number of carbonyl (C=O) groups is 1. The van der Waals surface area contributed by atoms with Crippen molar-refractivity contribution >= 4 is 22.3 Å². The second kappa shape index (κ2) is 11.6. The maximum atomic E-state index is 10.4. The lowest BCUT2D eigenvalue weighted by atomic mass is 10.3. The average Bonchev–Trinajstić information content (AvgIpc) is 2.97. The van der Waals surface area contributed by atoms with Crippen molar-refractivity contribution in [3.63, 3.8) is 0 Å². The zero-order valence-corrected chi connectivity index (χ0v) is 14.2. The predicted octanol–water partition coefficient (Wildman–Crippen LogP) is 1.67. The molecule has 0 aromatic carbocycles. The molecule has 1 N–H and O–H groups in total. The molecule has 1 aromatic rings. The number of ether oxygens (including phenoxy) is 1. The summed E-state index contributed by atoms with van der Waals surface area (Å²) in [5.74, 6) is -1.01. The molecule has 0 radical (unpaired) electrons. The number of aryl methyl sites for hydroxylation is 1. The Morgan fingerprint density at radius 2 is 2.09 bits per heavy atom. The Hall–Kier alpha value is -1.93. The summed E-state index contributed by atoms with van der Waals surface area (Å²) in [6.07, 6.45) is 11.5. The predicted molar refractivity (Wildman–Crippen MR) is 88.1 cm³/mol. The van der Waals surface area contributed by atoms with Gasteiger partial charge in [-0.05, 0) is 12.8 Å². The van der Waals surface area contributed by atoms with E-state index in [1.54, 1.807) is 6.20 Å². The second-order valence-corrected chi connectivity index (χ2v) is 6.22. The van der Waals surface area contributed by atoms with Crippen molar-refractivity contribution in [1.82, 2.24) is 4.57 Å². The monoisotopic (exact) mass is 345 g/mol. The molecule has 23 heavy (non-hydrogen) atoms. The van der Waals surface area contributed by atoms with E-state index in [-0.39, 0.29) is 13.0 Å². The first kappa shape index (κ1) is 21.1. The van der Waals surface area contributed by atoms with Crippen LogP contribution in [0.15, 0.2) is 38.0 Å². The molecule has 1 aromatic heterocycles. The molecule has 8 heteroatoms. The molecule has 0 aliphatic carbocycles. The van der Waals surface area contributed by atoms with Gasteiger partial charge in [-0.2, -0.15) is 8.42 Å². The minimum atomic E-state index is -3.95. The molecule has 0 atom stereocenters. The highest BCUT2D eigenvalue weighted by Crippen LogP contribution is 1.92. The van der Waals surface area contributed by atoms with E-state index in [0.29, 0.717) is 0 Å². The molecule has 0 aliphatic rings. The van der Waals surface area contributed by atoms with Crippen LogP contribution in [0.1, 0.15) is 26.2 Å². The first-order valence-electron chi connectivity index (χ1n) is 7.25. The lowest BCUT2D eigenvalue weighted by Gasteiger charge is -1.99. The van der Waals surface area contributed by atoms with E-state index in [1.807, 2.05) is 17.1 Å². The molecule has 0 aliphatic heterocycles. The number of unbranched alkanes of at least 4 members (excludes halogenated alkanes) is 1. The van der Waals surface area contributed by atoms with Gasteiger partial charge in [-0.1, -0.05) is 26.5 Å². The van der Waals surface area contributed by atoms with Crippen molar-refractivity contribution in [2.45, 2.75) is 32.7 Å². The van der Waals surface area contributed by atoms with E-state index in [4.69, 9.17) is 4.55 Å². The first-order valence-corrected chi connectivity index (χ1v) is 8.86. The SMILES string of the molecule is C=CC(=O)OCCCS(=O)(=O)O.C=C[n+]1ccn(CCCC)c1. The summed E-state index contributed by atoms with van der Waals surface area (Å²) in [5, 5.41) is 0. The zero-order chi connectivity index (χ0) is 17.7. The number of imidazole rings is 1. The van der Waals surface area contributed by atoms with Gasteiger partial charge < -0.3 is 4.74 Å². The van der Waals surface area contributed by atoms with Gasteiger partial charge in [-0.25, -0.2) is 13.9 Å². The van der Waals surface area contributed by atoms with Crippen molar-refractivity contribution in [1.29, 1.82) is 0 Å². The number of hydrogen-bond acceptors (Lipinski definition) is 4. The highest BCUT2D eigenvalue weighted by molar-refractivity contribution is 7.85. The fraction of sp³-hybridized carbons (Fsp3) is 0.467. The topological polar surface area (TPSA) is 89.5 Å². The molecular formula is C15H25N2O5S+. The minimum absolute atomic E-state index is 0.0371. The number of carbonyl (C=O) groups excluding carboxylic acids is 1. The van der Waals surface area contributed by atoms with Crippen molar-refractivity contribution in [2.75, 3.05) is 12.4 Å². The summed E-state index contributed by atoms with van der Waals surface area (Å²) in [6, 6.07) is 0. The fourth-order valence-corrected chi connectivity index (χ4v) is 1.95. The Morgan fingerprint density at radius 3 is 2.57 bits per heavy atom. The molecule has 0 spiro atoms. The van der Waals surface area contributed by atoms with E-state index in [0.717, 1.165) is 12.6 Å². The van der Waals surface area contributed by atoms with Crippen LogP contribution in [0.25, 0.3) is 6.20 Å².